The number of carbonyl (C=O) groups is 1. The van der Waals surface area contributed by atoms with Crippen molar-refractivity contribution in [3.8, 4) is 5.75 Å². The number of hydrogen-bond acceptors (Lipinski definition) is 3. The first-order valence-electron chi connectivity index (χ1n) is 9.06. The molecule has 0 atom stereocenters. The van der Waals surface area contributed by atoms with Gasteiger partial charge in [-0.05, 0) is 48.9 Å². The van der Waals surface area contributed by atoms with Crippen LogP contribution in [0.5, 0.6) is 5.75 Å². The standard InChI is InChI=1S/C22H21ClFNO3/c1-2-11-27-17-7-3-6-16(13-17)22(26)25(14-18-8-5-12-28-18)15-19-20(23)9-4-10-21(19)24/h3-10,12-13H,2,11,14-15H2,1H3. The molecule has 1 aromatic heterocycles. The average molecular weight is 402 g/mol. The number of rotatable bonds is 8. The van der Waals surface area contributed by atoms with E-state index in [-0.39, 0.29) is 29.6 Å². The molecule has 0 aliphatic carbocycles. The predicted molar refractivity (Wildman–Crippen MR) is 106 cm³/mol. The van der Waals surface area contributed by atoms with Crippen molar-refractivity contribution in [3.63, 3.8) is 0 Å². The fraction of sp³-hybridized carbons (Fsp3) is 0.227. The zero-order chi connectivity index (χ0) is 19.9. The number of amides is 1. The lowest BCUT2D eigenvalue weighted by Crippen LogP contribution is -2.30. The van der Waals surface area contributed by atoms with Crippen LogP contribution >= 0.6 is 11.6 Å². The molecule has 0 spiro atoms. The lowest BCUT2D eigenvalue weighted by molar-refractivity contribution is 0.0715. The lowest BCUT2D eigenvalue weighted by atomic mass is 10.1. The summed E-state index contributed by atoms with van der Waals surface area (Å²) in [7, 11) is 0. The first kappa shape index (κ1) is 20.0. The Bertz CT molecular complexity index is 907. The summed E-state index contributed by atoms with van der Waals surface area (Å²) < 4.78 is 25.3. The molecular weight excluding hydrogens is 381 g/mol. The number of ether oxygens (including phenoxy) is 1. The molecule has 6 heteroatoms. The molecule has 146 valence electrons. The van der Waals surface area contributed by atoms with E-state index in [9.17, 15) is 9.18 Å². The van der Waals surface area contributed by atoms with E-state index in [0.29, 0.717) is 23.7 Å². The molecule has 0 radical (unpaired) electrons. The van der Waals surface area contributed by atoms with Crippen molar-refractivity contribution in [2.24, 2.45) is 0 Å². The zero-order valence-electron chi connectivity index (χ0n) is 15.5. The average Bonchev–Trinajstić information content (AvgIpc) is 3.21. The van der Waals surface area contributed by atoms with Gasteiger partial charge in [0.25, 0.3) is 5.91 Å². The first-order valence-corrected chi connectivity index (χ1v) is 9.43. The summed E-state index contributed by atoms with van der Waals surface area (Å²) in [6, 6.07) is 14.9. The normalized spacial score (nSPS) is 10.7. The molecule has 1 amide bonds. The van der Waals surface area contributed by atoms with Gasteiger partial charge in [-0.25, -0.2) is 4.39 Å². The minimum absolute atomic E-state index is 0.0189. The van der Waals surface area contributed by atoms with Crippen LogP contribution in [0.25, 0.3) is 0 Å². The Kier molecular flexibility index (Phi) is 6.71. The van der Waals surface area contributed by atoms with Crippen LogP contribution in [0.4, 0.5) is 4.39 Å². The second-order valence-corrected chi connectivity index (χ2v) is 6.72. The molecule has 0 aliphatic rings. The van der Waals surface area contributed by atoms with E-state index in [4.69, 9.17) is 20.8 Å². The summed E-state index contributed by atoms with van der Waals surface area (Å²) >= 11 is 6.17. The van der Waals surface area contributed by atoms with E-state index in [2.05, 4.69) is 0 Å². The van der Waals surface area contributed by atoms with Crippen LogP contribution in [0.3, 0.4) is 0 Å². The van der Waals surface area contributed by atoms with E-state index in [1.54, 1.807) is 42.5 Å². The molecule has 0 aliphatic heterocycles. The van der Waals surface area contributed by atoms with Gasteiger partial charge in [-0.15, -0.1) is 0 Å². The summed E-state index contributed by atoms with van der Waals surface area (Å²) in [6.45, 7) is 2.79. The summed E-state index contributed by atoms with van der Waals surface area (Å²) in [4.78, 5) is 14.7. The lowest BCUT2D eigenvalue weighted by Gasteiger charge is -2.23. The largest absolute Gasteiger partial charge is 0.494 e. The number of carbonyl (C=O) groups excluding carboxylic acids is 1. The van der Waals surface area contributed by atoms with Crippen molar-refractivity contribution in [1.82, 2.24) is 4.90 Å². The zero-order valence-corrected chi connectivity index (χ0v) is 16.3. The fourth-order valence-electron chi connectivity index (χ4n) is 2.79. The SMILES string of the molecule is CCCOc1cccc(C(=O)N(Cc2ccco2)Cc2c(F)cccc2Cl)c1. The highest BCUT2D eigenvalue weighted by atomic mass is 35.5. The molecule has 3 aromatic rings. The molecular formula is C22H21ClFNO3. The first-order chi connectivity index (χ1) is 13.6. The summed E-state index contributed by atoms with van der Waals surface area (Å²) in [5.74, 6) is 0.496. The van der Waals surface area contributed by atoms with Gasteiger partial charge in [0, 0.05) is 16.1 Å². The Labute approximate surface area is 168 Å². The van der Waals surface area contributed by atoms with Gasteiger partial charge in [-0.3, -0.25) is 4.79 Å². The third-order valence-corrected chi connectivity index (χ3v) is 4.53. The second kappa shape index (κ2) is 9.42. The predicted octanol–water partition coefficient (Wildman–Crippen LogP) is 5.70. The summed E-state index contributed by atoms with van der Waals surface area (Å²) in [6.07, 6.45) is 2.40. The maximum atomic E-state index is 14.3. The molecule has 2 aromatic carbocycles. The number of halogens is 2. The Morgan fingerprint density at radius 1 is 1.14 bits per heavy atom. The van der Waals surface area contributed by atoms with Crippen molar-refractivity contribution in [2.75, 3.05) is 6.61 Å². The van der Waals surface area contributed by atoms with Gasteiger partial charge >= 0.3 is 0 Å². The van der Waals surface area contributed by atoms with E-state index < -0.39 is 5.82 Å². The molecule has 0 N–H and O–H groups in total. The van der Waals surface area contributed by atoms with E-state index in [1.165, 1.54) is 23.3 Å². The van der Waals surface area contributed by atoms with Crippen LogP contribution in [0.1, 0.15) is 35.0 Å². The third kappa shape index (κ3) is 4.93. The number of hydrogen-bond donors (Lipinski definition) is 0. The number of nitrogens with zero attached hydrogens (tertiary/aromatic N) is 1. The van der Waals surface area contributed by atoms with Crippen molar-refractivity contribution >= 4 is 17.5 Å². The highest BCUT2D eigenvalue weighted by Gasteiger charge is 2.21. The van der Waals surface area contributed by atoms with Gasteiger partial charge in [0.2, 0.25) is 0 Å². The van der Waals surface area contributed by atoms with Gasteiger partial charge in [0.1, 0.15) is 17.3 Å². The van der Waals surface area contributed by atoms with Gasteiger partial charge in [-0.1, -0.05) is 30.7 Å². The van der Waals surface area contributed by atoms with Crippen molar-refractivity contribution < 1.29 is 18.3 Å². The third-order valence-electron chi connectivity index (χ3n) is 4.18. The number of furan rings is 1. The quantitative estimate of drug-likeness (QED) is 0.486. The molecule has 0 saturated carbocycles. The van der Waals surface area contributed by atoms with Gasteiger partial charge in [0.15, 0.2) is 0 Å². The van der Waals surface area contributed by atoms with Crippen LogP contribution in [0, 0.1) is 5.82 Å². The van der Waals surface area contributed by atoms with Gasteiger partial charge < -0.3 is 14.1 Å². The van der Waals surface area contributed by atoms with Crippen LogP contribution in [-0.4, -0.2) is 17.4 Å². The Hall–Kier alpha value is -2.79. The Morgan fingerprint density at radius 2 is 1.96 bits per heavy atom. The van der Waals surface area contributed by atoms with Gasteiger partial charge in [-0.2, -0.15) is 0 Å². The highest BCUT2D eigenvalue weighted by molar-refractivity contribution is 6.31. The maximum Gasteiger partial charge on any atom is 0.254 e. The molecule has 4 nitrogen and oxygen atoms in total. The molecule has 0 saturated heterocycles. The van der Waals surface area contributed by atoms with Crippen LogP contribution in [0.15, 0.2) is 65.3 Å². The Balaban J connectivity index is 1.89. The maximum absolute atomic E-state index is 14.3. The van der Waals surface area contributed by atoms with Gasteiger partial charge in [0.05, 0.1) is 26.0 Å². The van der Waals surface area contributed by atoms with Crippen molar-refractivity contribution in [3.05, 3.63) is 88.6 Å². The molecule has 0 unspecified atom stereocenters. The molecule has 0 bridgehead atoms. The molecule has 1 heterocycles. The van der Waals surface area contributed by atoms with E-state index >= 15 is 0 Å². The topological polar surface area (TPSA) is 42.7 Å². The minimum atomic E-state index is -0.454. The molecule has 0 fully saturated rings. The smallest absolute Gasteiger partial charge is 0.254 e. The van der Waals surface area contributed by atoms with E-state index in [1.807, 2.05) is 6.92 Å². The minimum Gasteiger partial charge on any atom is -0.494 e. The second-order valence-electron chi connectivity index (χ2n) is 6.32. The molecule has 3 rings (SSSR count). The monoisotopic (exact) mass is 401 g/mol. The Morgan fingerprint density at radius 3 is 2.68 bits per heavy atom. The van der Waals surface area contributed by atoms with Crippen LogP contribution < -0.4 is 4.74 Å². The van der Waals surface area contributed by atoms with Crippen molar-refractivity contribution in [1.29, 1.82) is 0 Å². The highest BCUT2D eigenvalue weighted by Crippen LogP contribution is 2.24. The summed E-state index contributed by atoms with van der Waals surface area (Å²) in [5.41, 5.74) is 0.718. The van der Waals surface area contributed by atoms with Crippen LogP contribution in [-0.2, 0) is 13.1 Å². The number of benzene rings is 2. The van der Waals surface area contributed by atoms with Crippen LogP contribution in [0.2, 0.25) is 5.02 Å². The fourth-order valence-corrected chi connectivity index (χ4v) is 3.01. The van der Waals surface area contributed by atoms with Crippen molar-refractivity contribution in [2.45, 2.75) is 26.4 Å². The molecule has 28 heavy (non-hydrogen) atoms. The summed E-state index contributed by atoms with van der Waals surface area (Å²) in [5, 5.41) is 0.275. The van der Waals surface area contributed by atoms with E-state index in [0.717, 1.165) is 6.42 Å².